The highest BCUT2D eigenvalue weighted by Gasteiger charge is 2.32. The first-order chi connectivity index (χ1) is 17.5. The van der Waals surface area contributed by atoms with Crippen LogP contribution in [0.4, 0.5) is 5.13 Å². The van der Waals surface area contributed by atoms with E-state index in [-0.39, 0.29) is 17.2 Å². The Balaban J connectivity index is 1.25. The molecule has 0 spiro atoms. The molecule has 7 nitrogen and oxygen atoms in total. The summed E-state index contributed by atoms with van der Waals surface area (Å²) in [7, 11) is 1.61. The van der Waals surface area contributed by atoms with Gasteiger partial charge in [-0.1, -0.05) is 47.2 Å². The summed E-state index contributed by atoms with van der Waals surface area (Å²) >= 11 is 8.86. The Kier molecular flexibility index (Phi) is 7.22. The van der Waals surface area contributed by atoms with Gasteiger partial charge in [-0.25, -0.2) is 0 Å². The van der Waals surface area contributed by atoms with E-state index >= 15 is 0 Å². The lowest BCUT2D eigenvalue weighted by molar-refractivity contribution is -0.128. The largest absolute Gasteiger partial charge is 0.497 e. The summed E-state index contributed by atoms with van der Waals surface area (Å²) in [5.41, 5.74) is 3.37. The smallest absolute Gasteiger partial charge is 0.257 e. The van der Waals surface area contributed by atoms with Crippen LogP contribution in [0.3, 0.4) is 0 Å². The summed E-state index contributed by atoms with van der Waals surface area (Å²) in [6.45, 7) is 0.503. The number of carbonyl (C=O) groups is 2. The highest BCUT2D eigenvalue weighted by atomic mass is 35.5. The number of halogens is 1. The maximum absolute atomic E-state index is 12.8. The number of aromatic nitrogens is 2. The summed E-state index contributed by atoms with van der Waals surface area (Å²) in [6, 6.07) is 22.3. The summed E-state index contributed by atoms with van der Waals surface area (Å²) in [4.78, 5) is 27.2. The minimum absolute atomic E-state index is 0.0886. The molecule has 1 N–H and O–H groups in total. The first kappa shape index (κ1) is 24.3. The molecular weight excluding hydrogens is 516 g/mol. The molecule has 0 aliphatic carbocycles. The van der Waals surface area contributed by atoms with Gasteiger partial charge in [0.25, 0.3) is 5.91 Å². The molecule has 5 rings (SSSR count). The fraction of sp³-hybridized carbons (Fsp3) is 0.154. The fourth-order valence-electron chi connectivity index (χ4n) is 3.78. The minimum Gasteiger partial charge on any atom is -0.497 e. The maximum atomic E-state index is 12.8. The molecule has 0 unspecified atom stereocenters. The molecule has 36 heavy (non-hydrogen) atoms. The normalized spacial score (nSPS) is 15.2. The second-order valence-corrected chi connectivity index (χ2v) is 10.5. The van der Waals surface area contributed by atoms with Gasteiger partial charge >= 0.3 is 0 Å². The van der Waals surface area contributed by atoms with E-state index in [4.69, 9.17) is 16.3 Å². The number of ether oxygens (including phenoxy) is 1. The number of hydrogen-bond acceptors (Lipinski definition) is 7. The predicted octanol–water partition coefficient (Wildman–Crippen LogP) is 5.89. The third-order valence-electron chi connectivity index (χ3n) is 5.67. The standard InChI is InChI=1S/C26H21ClN4O3S2/c1-34-21-12-8-18(9-13-21)24-29-30-26(36-24)28-23(33)17-4-6-19(7-5-17)25-31(22(32)15-35-25)14-16-2-10-20(27)11-3-16/h2-13,25H,14-15H2,1H3,(H,28,30,33)/t25-/m0/s1. The third kappa shape index (κ3) is 5.38. The molecular formula is C26H21ClN4O3S2. The van der Waals surface area contributed by atoms with Crippen molar-refractivity contribution in [2.75, 3.05) is 18.2 Å². The average Bonchev–Trinajstić information content (AvgIpc) is 3.52. The highest BCUT2D eigenvalue weighted by molar-refractivity contribution is 8.00. The minimum atomic E-state index is -0.271. The van der Waals surface area contributed by atoms with Crippen LogP contribution in [-0.2, 0) is 11.3 Å². The molecule has 4 aromatic rings. The molecule has 1 atom stereocenters. The van der Waals surface area contributed by atoms with Crippen LogP contribution in [0.1, 0.15) is 26.9 Å². The molecule has 2 amide bonds. The maximum Gasteiger partial charge on any atom is 0.257 e. The number of nitrogens with one attached hydrogen (secondary N) is 1. The van der Waals surface area contributed by atoms with Crippen LogP contribution in [0.2, 0.25) is 5.02 Å². The molecule has 1 aliphatic heterocycles. The number of methoxy groups -OCH3 is 1. The Hall–Kier alpha value is -3.40. The zero-order valence-electron chi connectivity index (χ0n) is 19.2. The first-order valence-electron chi connectivity index (χ1n) is 11.0. The number of carbonyl (C=O) groups excluding carboxylic acids is 2. The molecule has 1 fully saturated rings. The summed E-state index contributed by atoms with van der Waals surface area (Å²) in [5, 5.41) is 12.8. The summed E-state index contributed by atoms with van der Waals surface area (Å²) < 4.78 is 5.18. The van der Waals surface area contributed by atoms with Gasteiger partial charge in [0.2, 0.25) is 11.0 Å². The molecule has 0 saturated carbocycles. The van der Waals surface area contributed by atoms with E-state index in [1.807, 2.05) is 65.6 Å². The molecule has 1 saturated heterocycles. The summed E-state index contributed by atoms with van der Waals surface area (Å²) in [5.74, 6) is 1.00. The Morgan fingerprint density at radius 3 is 2.47 bits per heavy atom. The number of benzene rings is 3. The van der Waals surface area contributed by atoms with Gasteiger partial charge in [-0.15, -0.1) is 22.0 Å². The van der Waals surface area contributed by atoms with E-state index in [1.165, 1.54) is 11.3 Å². The van der Waals surface area contributed by atoms with Crippen molar-refractivity contribution in [3.05, 3.63) is 94.5 Å². The number of rotatable bonds is 7. The summed E-state index contributed by atoms with van der Waals surface area (Å²) in [6.07, 6.45) is 0. The van der Waals surface area contributed by atoms with Crippen molar-refractivity contribution in [2.45, 2.75) is 11.9 Å². The second-order valence-electron chi connectivity index (χ2n) is 8.03. The lowest BCUT2D eigenvalue weighted by atomic mass is 10.1. The number of amides is 2. The van der Waals surface area contributed by atoms with Crippen LogP contribution in [0, 0.1) is 0 Å². The molecule has 0 bridgehead atoms. The molecule has 1 aliphatic rings. The SMILES string of the molecule is COc1ccc(-c2nnc(NC(=O)c3ccc([C@@H]4SCC(=O)N4Cc4ccc(Cl)cc4)cc3)s2)cc1. The molecule has 2 heterocycles. The lowest BCUT2D eigenvalue weighted by Crippen LogP contribution is -2.27. The van der Waals surface area contributed by atoms with Crippen molar-refractivity contribution in [2.24, 2.45) is 0 Å². The first-order valence-corrected chi connectivity index (χ1v) is 13.3. The van der Waals surface area contributed by atoms with Crippen LogP contribution in [0.15, 0.2) is 72.8 Å². The fourth-order valence-corrected chi connectivity index (χ4v) is 5.84. The van der Waals surface area contributed by atoms with Gasteiger partial charge in [0.05, 0.1) is 12.9 Å². The van der Waals surface area contributed by atoms with E-state index < -0.39 is 0 Å². The van der Waals surface area contributed by atoms with Crippen molar-refractivity contribution in [1.82, 2.24) is 15.1 Å². The molecule has 1 aromatic heterocycles. The predicted molar refractivity (Wildman–Crippen MR) is 143 cm³/mol. The number of hydrogen-bond donors (Lipinski definition) is 1. The van der Waals surface area contributed by atoms with Gasteiger partial charge in [0.15, 0.2) is 0 Å². The number of anilines is 1. The quantitative estimate of drug-likeness (QED) is 0.317. The van der Waals surface area contributed by atoms with E-state index in [1.54, 1.807) is 31.0 Å². The van der Waals surface area contributed by atoms with Crippen LogP contribution in [0.5, 0.6) is 5.75 Å². The Morgan fingerprint density at radius 1 is 1.06 bits per heavy atom. The van der Waals surface area contributed by atoms with Crippen molar-refractivity contribution >= 4 is 51.6 Å². The topological polar surface area (TPSA) is 84.4 Å². The van der Waals surface area contributed by atoms with Crippen molar-refractivity contribution in [1.29, 1.82) is 0 Å². The zero-order chi connectivity index (χ0) is 25.1. The highest BCUT2D eigenvalue weighted by Crippen LogP contribution is 2.39. The van der Waals surface area contributed by atoms with Gasteiger partial charge in [0.1, 0.15) is 16.1 Å². The van der Waals surface area contributed by atoms with Gasteiger partial charge in [0, 0.05) is 22.7 Å². The van der Waals surface area contributed by atoms with Crippen LogP contribution < -0.4 is 10.1 Å². The van der Waals surface area contributed by atoms with Crippen molar-refractivity contribution in [3.8, 4) is 16.3 Å². The molecule has 182 valence electrons. The van der Waals surface area contributed by atoms with Crippen LogP contribution in [-0.4, -0.2) is 39.8 Å². The van der Waals surface area contributed by atoms with E-state index in [2.05, 4.69) is 15.5 Å². The van der Waals surface area contributed by atoms with Crippen LogP contribution in [0.25, 0.3) is 10.6 Å². The lowest BCUT2D eigenvalue weighted by Gasteiger charge is -2.24. The number of thioether (sulfide) groups is 1. The van der Waals surface area contributed by atoms with Gasteiger partial charge in [-0.05, 0) is 59.7 Å². The van der Waals surface area contributed by atoms with Crippen LogP contribution >= 0.6 is 34.7 Å². The Morgan fingerprint density at radius 2 is 1.78 bits per heavy atom. The Bertz CT molecular complexity index is 1380. The Labute approximate surface area is 221 Å². The molecule has 0 radical (unpaired) electrons. The molecule has 10 heteroatoms. The molecule has 3 aromatic carbocycles. The van der Waals surface area contributed by atoms with Gasteiger partial charge < -0.3 is 9.64 Å². The van der Waals surface area contributed by atoms with E-state index in [0.717, 1.165) is 22.4 Å². The second kappa shape index (κ2) is 10.7. The third-order valence-corrected chi connectivity index (χ3v) is 8.07. The van der Waals surface area contributed by atoms with E-state index in [0.29, 0.717) is 33.0 Å². The average molecular weight is 537 g/mol. The zero-order valence-corrected chi connectivity index (χ0v) is 21.6. The van der Waals surface area contributed by atoms with E-state index in [9.17, 15) is 9.59 Å². The van der Waals surface area contributed by atoms with Gasteiger partial charge in [-0.3, -0.25) is 14.9 Å². The van der Waals surface area contributed by atoms with Crippen molar-refractivity contribution < 1.29 is 14.3 Å². The van der Waals surface area contributed by atoms with Gasteiger partial charge in [-0.2, -0.15) is 0 Å². The van der Waals surface area contributed by atoms with Crippen molar-refractivity contribution in [3.63, 3.8) is 0 Å². The monoisotopic (exact) mass is 536 g/mol. The number of nitrogens with zero attached hydrogens (tertiary/aromatic N) is 3.